The van der Waals surface area contributed by atoms with E-state index in [9.17, 15) is 0 Å². The number of hydrogen-bond acceptors (Lipinski definition) is 3. The molecule has 0 saturated heterocycles. The zero-order valence-electron chi connectivity index (χ0n) is 10.6. The Bertz CT molecular complexity index is 724. The van der Waals surface area contributed by atoms with Crippen molar-refractivity contribution in [1.82, 2.24) is 9.78 Å². The van der Waals surface area contributed by atoms with Crippen molar-refractivity contribution in [2.24, 2.45) is 7.05 Å². The Labute approximate surface area is 111 Å². The summed E-state index contributed by atoms with van der Waals surface area (Å²) in [5.41, 5.74) is 3.45. The number of anilines is 2. The summed E-state index contributed by atoms with van der Waals surface area (Å²) in [6.45, 7) is 0.0491. The third-order valence-electron chi connectivity index (χ3n) is 3.66. The molecule has 0 radical (unpaired) electrons. The molecule has 1 aromatic heterocycles. The van der Waals surface area contributed by atoms with E-state index < -0.39 is 0 Å². The fourth-order valence-electron chi connectivity index (χ4n) is 2.74. The number of benzene rings is 2. The Morgan fingerprint density at radius 2 is 1.68 bits per heavy atom. The van der Waals surface area contributed by atoms with Crippen molar-refractivity contribution in [2.75, 3.05) is 10.5 Å². The molecule has 4 rings (SSSR count). The lowest BCUT2D eigenvalue weighted by molar-refractivity contribution is 0.787. The maximum absolute atomic E-state index is 4.23. The molecule has 4 nitrogen and oxygen atoms in total. The second-order valence-corrected chi connectivity index (χ2v) is 4.81. The minimum atomic E-state index is 0.0491. The first kappa shape index (κ1) is 10.5. The Balaban J connectivity index is 1.87. The minimum absolute atomic E-state index is 0.0491. The molecule has 0 fully saturated rings. The molecule has 0 spiro atoms. The van der Waals surface area contributed by atoms with Gasteiger partial charge >= 0.3 is 6.98 Å². The molecule has 0 amide bonds. The molecule has 0 saturated carbocycles. The molecule has 0 unspecified atom stereocenters. The van der Waals surface area contributed by atoms with Crippen molar-refractivity contribution >= 4 is 34.7 Å². The standard InChI is InChI=1S/C14H13BN4/c1-19-13(8-9-16-19)15-17-11-6-2-4-10-5-3-7-12(18-15)14(10)11/h2-9,17-18H,1H3. The van der Waals surface area contributed by atoms with Crippen LogP contribution in [0.3, 0.4) is 0 Å². The molecule has 1 aliphatic rings. The van der Waals surface area contributed by atoms with Gasteiger partial charge in [0.2, 0.25) is 0 Å². The first-order valence-corrected chi connectivity index (χ1v) is 6.36. The number of nitrogens with zero attached hydrogens (tertiary/aromatic N) is 2. The Morgan fingerprint density at radius 3 is 2.26 bits per heavy atom. The van der Waals surface area contributed by atoms with E-state index in [4.69, 9.17) is 0 Å². The van der Waals surface area contributed by atoms with Gasteiger partial charge in [0.05, 0.1) is 5.59 Å². The molecule has 2 N–H and O–H groups in total. The second kappa shape index (κ2) is 3.78. The average Bonchev–Trinajstić information content (AvgIpc) is 2.85. The minimum Gasteiger partial charge on any atom is -0.404 e. The highest BCUT2D eigenvalue weighted by molar-refractivity contribution is 6.79. The zero-order valence-corrected chi connectivity index (χ0v) is 10.6. The van der Waals surface area contributed by atoms with Gasteiger partial charge in [-0.05, 0) is 23.6 Å². The largest absolute Gasteiger partial charge is 0.425 e. The second-order valence-electron chi connectivity index (χ2n) is 4.81. The number of aryl methyl sites for hydroxylation is 1. The van der Waals surface area contributed by atoms with Crippen molar-refractivity contribution in [2.45, 2.75) is 0 Å². The Kier molecular flexibility index (Phi) is 2.09. The predicted molar refractivity (Wildman–Crippen MR) is 79.8 cm³/mol. The number of nitrogens with one attached hydrogen (secondary N) is 2. The van der Waals surface area contributed by atoms with Crippen LogP contribution in [0.2, 0.25) is 0 Å². The monoisotopic (exact) mass is 248 g/mol. The first-order chi connectivity index (χ1) is 9.33. The maximum Gasteiger partial charge on any atom is 0.425 e. The summed E-state index contributed by atoms with van der Waals surface area (Å²) in [6.07, 6.45) is 1.82. The van der Waals surface area contributed by atoms with Crippen molar-refractivity contribution < 1.29 is 0 Å². The Morgan fingerprint density at radius 1 is 1.00 bits per heavy atom. The van der Waals surface area contributed by atoms with E-state index in [1.54, 1.807) is 0 Å². The molecule has 2 heterocycles. The van der Waals surface area contributed by atoms with Crippen LogP contribution >= 0.6 is 0 Å². The van der Waals surface area contributed by atoms with Crippen LogP contribution in [0.4, 0.5) is 11.4 Å². The fourth-order valence-corrected chi connectivity index (χ4v) is 2.74. The van der Waals surface area contributed by atoms with E-state index >= 15 is 0 Å². The van der Waals surface area contributed by atoms with Gasteiger partial charge in [-0.1, -0.05) is 24.3 Å². The molecule has 1 aliphatic heterocycles. The predicted octanol–water partition coefficient (Wildman–Crippen LogP) is 1.81. The van der Waals surface area contributed by atoms with Gasteiger partial charge in [0.1, 0.15) is 0 Å². The van der Waals surface area contributed by atoms with Crippen LogP contribution < -0.4 is 16.0 Å². The summed E-state index contributed by atoms with van der Waals surface area (Å²) in [6, 6.07) is 14.7. The molecule has 0 atom stereocenters. The molecule has 3 aromatic rings. The van der Waals surface area contributed by atoms with Crippen LogP contribution in [-0.2, 0) is 7.05 Å². The topological polar surface area (TPSA) is 41.9 Å². The summed E-state index contributed by atoms with van der Waals surface area (Å²) in [5, 5.41) is 13.8. The van der Waals surface area contributed by atoms with E-state index in [1.807, 2.05) is 24.0 Å². The normalized spacial score (nSPS) is 13.2. The Hall–Kier alpha value is -2.43. The average molecular weight is 248 g/mol. The van der Waals surface area contributed by atoms with Crippen molar-refractivity contribution in [3.63, 3.8) is 0 Å². The SMILES string of the molecule is Cn1nccc1B1Nc2cccc3cccc(c23)N1. The van der Waals surface area contributed by atoms with E-state index in [2.05, 4.69) is 52.0 Å². The quantitative estimate of drug-likeness (QED) is 0.645. The van der Waals surface area contributed by atoms with Crippen LogP contribution in [0, 0.1) is 0 Å². The zero-order chi connectivity index (χ0) is 12.8. The maximum atomic E-state index is 4.23. The summed E-state index contributed by atoms with van der Waals surface area (Å²) in [4.78, 5) is 0. The number of aromatic nitrogens is 2. The van der Waals surface area contributed by atoms with Crippen LogP contribution in [0.5, 0.6) is 0 Å². The van der Waals surface area contributed by atoms with Gasteiger partial charge in [-0.2, -0.15) is 5.10 Å². The van der Waals surface area contributed by atoms with Crippen LogP contribution in [-0.4, -0.2) is 16.8 Å². The van der Waals surface area contributed by atoms with Gasteiger partial charge in [-0.15, -0.1) is 0 Å². The fraction of sp³-hybridized carbons (Fsp3) is 0.0714. The third kappa shape index (κ3) is 1.51. The van der Waals surface area contributed by atoms with Gasteiger partial charge in [0, 0.05) is 30.0 Å². The third-order valence-corrected chi connectivity index (χ3v) is 3.66. The van der Waals surface area contributed by atoms with E-state index in [-0.39, 0.29) is 6.98 Å². The van der Waals surface area contributed by atoms with Gasteiger partial charge in [-0.3, -0.25) is 4.68 Å². The van der Waals surface area contributed by atoms with E-state index in [0.29, 0.717) is 0 Å². The summed E-state index contributed by atoms with van der Waals surface area (Å²) >= 11 is 0. The number of hydrogen-bond donors (Lipinski definition) is 2. The number of rotatable bonds is 1. The molecular formula is C14H13BN4. The van der Waals surface area contributed by atoms with Crippen LogP contribution in [0.1, 0.15) is 0 Å². The molecular weight excluding hydrogens is 235 g/mol. The molecule has 0 bridgehead atoms. The lowest BCUT2D eigenvalue weighted by Gasteiger charge is -2.26. The van der Waals surface area contributed by atoms with Crippen molar-refractivity contribution in [3.8, 4) is 0 Å². The van der Waals surface area contributed by atoms with Crippen molar-refractivity contribution in [1.29, 1.82) is 0 Å². The summed E-state index contributed by atoms with van der Waals surface area (Å²) in [7, 11) is 1.96. The van der Waals surface area contributed by atoms with Gasteiger partial charge in [0.25, 0.3) is 0 Å². The van der Waals surface area contributed by atoms with E-state index in [1.165, 1.54) is 10.8 Å². The van der Waals surface area contributed by atoms with Gasteiger partial charge < -0.3 is 10.5 Å². The molecule has 2 aromatic carbocycles. The molecule has 0 aliphatic carbocycles. The summed E-state index contributed by atoms with van der Waals surface area (Å²) < 4.78 is 1.89. The lowest BCUT2D eigenvalue weighted by Crippen LogP contribution is -2.50. The van der Waals surface area contributed by atoms with Crippen molar-refractivity contribution in [3.05, 3.63) is 48.7 Å². The van der Waals surface area contributed by atoms with Crippen LogP contribution in [0.15, 0.2) is 48.7 Å². The highest BCUT2D eigenvalue weighted by Crippen LogP contribution is 2.33. The smallest absolute Gasteiger partial charge is 0.404 e. The molecule has 19 heavy (non-hydrogen) atoms. The van der Waals surface area contributed by atoms with Gasteiger partial charge in [0.15, 0.2) is 0 Å². The highest BCUT2D eigenvalue weighted by atomic mass is 15.3. The lowest BCUT2D eigenvalue weighted by atomic mass is 9.69. The highest BCUT2D eigenvalue weighted by Gasteiger charge is 2.27. The van der Waals surface area contributed by atoms with Crippen LogP contribution in [0.25, 0.3) is 10.8 Å². The summed E-state index contributed by atoms with van der Waals surface area (Å²) in [5.74, 6) is 0. The first-order valence-electron chi connectivity index (χ1n) is 6.36. The molecule has 92 valence electrons. The molecule has 5 heteroatoms. The van der Waals surface area contributed by atoms with Gasteiger partial charge in [-0.25, -0.2) is 0 Å². The van der Waals surface area contributed by atoms with E-state index in [0.717, 1.165) is 17.0 Å².